The Labute approximate surface area is 87.5 Å². The van der Waals surface area contributed by atoms with Gasteiger partial charge in [0.1, 0.15) is 0 Å². The SMILES string of the molecule is C=C/C(=C\C#CCCC)CCCCO. The molecule has 0 heterocycles. The van der Waals surface area contributed by atoms with Crippen LogP contribution in [0.1, 0.15) is 39.0 Å². The Morgan fingerprint density at radius 2 is 2.21 bits per heavy atom. The molecular weight excluding hydrogens is 172 g/mol. The van der Waals surface area contributed by atoms with Crippen LogP contribution in [-0.4, -0.2) is 11.7 Å². The van der Waals surface area contributed by atoms with Crippen molar-refractivity contribution in [3.8, 4) is 11.8 Å². The first-order valence-electron chi connectivity index (χ1n) is 5.25. The van der Waals surface area contributed by atoms with Crippen molar-refractivity contribution >= 4 is 0 Å². The second-order valence-corrected chi connectivity index (χ2v) is 3.18. The fourth-order valence-corrected chi connectivity index (χ4v) is 1.01. The minimum absolute atomic E-state index is 0.270. The highest BCUT2D eigenvalue weighted by atomic mass is 16.2. The van der Waals surface area contributed by atoms with Gasteiger partial charge in [0.05, 0.1) is 0 Å². The maximum atomic E-state index is 8.62. The highest BCUT2D eigenvalue weighted by Crippen LogP contribution is 2.07. The van der Waals surface area contributed by atoms with Crippen LogP contribution in [0.2, 0.25) is 0 Å². The average molecular weight is 192 g/mol. The molecule has 1 nitrogen and oxygen atoms in total. The van der Waals surface area contributed by atoms with Crippen molar-refractivity contribution in [2.75, 3.05) is 6.61 Å². The molecule has 78 valence electrons. The van der Waals surface area contributed by atoms with Crippen molar-refractivity contribution < 1.29 is 5.11 Å². The van der Waals surface area contributed by atoms with Crippen LogP contribution in [0.15, 0.2) is 24.3 Å². The minimum Gasteiger partial charge on any atom is -0.396 e. The highest BCUT2D eigenvalue weighted by Gasteiger charge is 1.90. The molecule has 0 aliphatic carbocycles. The number of aliphatic hydroxyl groups excluding tert-OH is 1. The summed E-state index contributed by atoms with van der Waals surface area (Å²) < 4.78 is 0. The van der Waals surface area contributed by atoms with Gasteiger partial charge in [-0.25, -0.2) is 0 Å². The predicted octanol–water partition coefficient (Wildman–Crippen LogP) is 3.06. The first-order chi connectivity index (χ1) is 6.85. The van der Waals surface area contributed by atoms with E-state index < -0.39 is 0 Å². The summed E-state index contributed by atoms with van der Waals surface area (Å²) in [5.41, 5.74) is 1.17. The third kappa shape index (κ3) is 7.64. The molecule has 0 aromatic heterocycles. The van der Waals surface area contributed by atoms with E-state index in [0.717, 1.165) is 32.1 Å². The lowest BCUT2D eigenvalue weighted by Crippen LogP contribution is -1.84. The van der Waals surface area contributed by atoms with Crippen LogP contribution in [-0.2, 0) is 0 Å². The maximum Gasteiger partial charge on any atom is 0.0431 e. The maximum absolute atomic E-state index is 8.62. The van der Waals surface area contributed by atoms with E-state index in [0.29, 0.717) is 0 Å². The van der Waals surface area contributed by atoms with Crippen LogP contribution in [0, 0.1) is 11.8 Å². The van der Waals surface area contributed by atoms with E-state index in [1.54, 1.807) is 0 Å². The number of hydrogen-bond acceptors (Lipinski definition) is 1. The highest BCUT2D eigenvalue weighted by molar-refractivity contribution is 5.27. The topological polar surface area (TPSA) is 20.2 Å². The Morgan fingerprint density at radius 1 is 1.43 bits per heavy atom. The van der Waals surface area contributed by atoms with Crippen molar-refractivity contribution in [2.45, 2.75) is 39.0 Å². The molecule has 0 rings (SSSR count). The van der Waals surface area contributed by atoms with Gasteiger partial charge in [-0.3, -0.25) is 0 Å². The number of allylic oxidation sites excluding steroid dienone is 3. The molecule has 0 radical (unpaired) electrons. The van der Waals surface area contributed by atoms with Crippen molar-refractivity contribution in [1.29, 1.82) is 0 Å². The van der Waals surface area contributed by atoms with E-state index in [-0.39, 0.29) is 6.61 Å². The summed E-state index contributed by atoms with van der Waals surface area (Å²) in [5, 5.41) is 8.62. The first kappa shape index (κ1) is 13.0. The Morgan fingerprint density at radius 3 is 2.79 bits per heavy atom. The molecule has 0 saturated heterocycles. The van der Waals surface area contributed by atoms with Crippen LogP contribution in [0.4, 0.5) is 0 Å². The van der Waals surface area contributed by atoms with Gasteiger partial charge < -0.3 is 5.11 Å². The lowest BCUT2D eigenvalue weighted by molar-refractivity contribution is 0.285. The molecule has 0 aliphatic heterocycles. The molecule has 0 atom stereocenters. The fraction of sp³-hybridized carbons (Fsp3) is 0.538. The minimum atomic E-state index is 0.270. The monoisotopic (exact) mass is 192 g/mol. The van der Waals surface area contributed by atoms with E-state index in [1.165, 1.54) is 5.57 Å². The summed E-state index contributed by atoms with van der Waals surface area (Å²) in [4.78, 5) is 0. The van der Waals surface area contributed by atoms with E-state index in [1.807, 2.05) is 12.2 Å². The molecule has 0 fully saturated rings. The molecule has 0 aliphatic rings. The van der Waals surface area contributed by atoms with Gasteiger partial charge in [-0.1, -0.05) is 31.4 Å². The standard InChI is InChI=1S/C13H20O/c1-3-5-6-7-10-13(4-2)11-8-9-12-14/h4,10,14H,2-3,5,8-9,11-12H2,1H3/b13-10+. The molecule has 0 saturated carbocycles. The van der Waals surface area contributed by atoms with Crippen molar-refractivity contribution in [3.05, 3.63) is 24.3 Å². The summed E-state index contributed by atoms with van der Waals surface area (Å²) >= 11 is 0. The van der Waals surface area contributed by atoms with Gasteiger partial charge in [0.2, 0.25) is 0 Å². The smallest absolute Gasteiger partial charge is 0.0431 e. The summed E-state index contributed by atoms with van der Waals surface area (Å²) in [6.45, 7) is 6.13. The van der Waals surface area contributed by atoms with E-state index in [9.17, 15) is 0 Å². The molecule has 0 aromatic rings. The Hall–Kier alpha value is -1.00. The normalized spacial score (nSPS) is 10.6. The van der Waals surface area contributed by atoms with E-state index in [2.05, 4.69) is 25.3 Å². The van der Waals surface area contributed by atoms with Crippen LogP contribution >= 0.6 is 0 Å². The third-order valence-corrected chi connectivity index (χ3v) is 1.87. The molecule has 0 aromatic carbocycles. The van der Waals surface area contributed by atoms with Gasteiger partial charge in [-0.15, -0.1) is 0 Å². The zero-order chi connectivity index (χ0) is 10.6. The van der Waals surface area contributed by atoms with E-state index >= 15 is 0 Å². The second kappa shape index (κ2) is 10.1. The lowest BCUT2D eigenvalue weighted by atomic mass is 10.1. The Bertz CT molecular complexity index is 227. The summed E-state index contributed by atoms with van der Waals surface area (Å²) in [6.07, 6.45) is 8.66. The molecular formula is C13H20O. The fourth-order valence-electron chi connectivity index (χ4n) is 1.01. The molecule has 0 bridgehead atoms. The third-order valence-electron chi connectivity index (χ3n) is 1.87. The van der Waals surface area contributed by atoms with Crippen molar-refractivity contribution in [3.63, 3.8) is 0 Å². The summed E-state index contributed by atoms with van der Waals surface area (Å²) in [7, 11) is 0. The van der Waals surface area contributed by atoms with Gasteiger partial charge in [0.15, 0.2) is 0 Å². The lowest BCUT2D eigenvalue weighted by Gasteiger charge is -1.97. The first-order valence-corrected chi connectivity index (χ1v) is 5.25. The van der Waals surface area contributed by atoms with Crippen LogP contribution in [0.3, 0.4) is 0 Å². The van der Waals surface area contributed by atoms with Gasteiger partial charge >= 0.3 is 0 Å². The van der Waals surface area contributed by atoms with Gasteiger partial charge in [-0.05, 0) is 37.3 Å². The van der Waals surface area contributed by atoms with Crippen molar-refractivity contribution in [2.24, 2.45) is 0 Å². The molecule has 0 amide bonds. The van der Waals surface area contributed by atoms with Crippen LogP contribution in [0.25, 0.3) is 0 Å². The zero-order valence-electron chi connectivity index (χ0n) is 9.05. The predicted molar refractivity (Wildman–Crippen MR) is 61.9 cm³/mol. The summed E-state index contributed by atoms with van der Waals surface area (Å²) in [6, 6.07) is 0. The Kier molecular flexibility index (Phi) is 9.36. The van der Waals surface area contributed by atoms with Gasteiger partial charge in [0.25, 0.3) is 0 Å². The number of rotatable bonds is 6. The molecule has 0 unspecified atom stereocenters. The van der Waals surface area contributed by atoms with Gasteiger partial charge in [-0.2, -0.15) is 0 Å². The second-order valence-electron chi connectivity index (χ2n) is 3.18. The number of aliphatic hydroxyl groups is 1. The largest absolute Gasteiger partial charge is 0.396 e. The number of hydrogen-bond donors (Lipinski definition) is 1. The molecule has 1 N–H and O–H groups in total. The van der Waals surface area contributed by atoms with Crippen LogP contribution in [0.5, 0.6) is 0 Å². The van der Waals surface area contributed by atoms with Gasteiger partial charge in [0, 0.05) is 13.0 Å². The van der Waals surface area contributed by atoms with E-state index in [4.69, 9.17) is 5.11 Å². The Balaban J connectivity index is 3.88. The molecule has 0 spiro atoms. The zero-order valence-corrected chi connectivity index (χ0v) is 9.05. The molecule has 1 heteroatoms. The van der Waals surface area contributed by atoms with Crippen molar-refractivity contribution in [1.82, 2.24) is 0 Å². The van der Waals surface area contributed by atoms with Crippen LogP contribution < -0.4 is 0 Å². The summed E-state index contributed by atoms with van der Waals surface area (Å²) in [5.74, 6) is 6.09. The quantitative estimate of drug-likeness (QED) is 0.389. The average Bonchev–Trinajstić information content (AvgIpc) is 2.22. The molecule has 14 heavy (non-hydrogen) atoms. The number of unbranched alkanes of at least 4 members (excludes halogenated alkanes) is 2.